The van der Waals surface area contributed by atoms with Crippen LogP contribution < -0.4 is 4.90 Å². The smallest absolute Gasteiger partial charge is 0.231 e. The van der Waals surface area contributed by atoms with E-state index in [0.717, 1.165) is 59.6 Å². The third-order valence-electron chi connectivity index (χ3n) is 5.45. The van der Waals surface area contributed by atoms with E-state index in [1.807, 2.05) is 41.0 Å². The summed E-state index contributed by atoms with van der Waals surface area (Å²) in [4.78, 5) is 24.2. The number of aryl methyl sites for hydroxylation is 2. The van der Waals surface area contributed by atoms with E-state index in [1.54, 1.807) is 17.5 Å². The Kier molecular flexibility index (Phi) is 5.97. The van der Waals surface area contributed by atoms with Crippen LogP contribution >= 0.6 is 22.9 Å². The topological polar surface area (TPSA) is 51.0 Å². The Morgan fingerprint density at radius 1 is 1.32 bits per heavy atom. The van der Waals surface area contributed by atoms with Crippen LogP contribution in [0.25, 0.3) is 10.2 Å². The van der Waals surface area contributed by atoms with Gasteiger partial charge in [0, 0.05) is 36.4 Å². The lowest BCUT2D eigenvalue weighted by Crippen LogP contribution is -2.38. The van der Waals surface area contributed by atoms with E-state index in [0.29, 0.717) is 11.6 Å². The minimum Gasteiger partial charge on any atom is -0.337 e. The van der Waals surface area contributed by atoms with Gasteiger partial charge in [0.25, 0.3) is 0 Å². The van der Waals surface area contributed by atoms with E-state index in [4.69, 9.17) is 16.6 Å². The molecule has 1 amide bonds. The van der Waals surface area contributed by atoms with E-state index in [1.165, 1.54) is 6.42 Å². The van der Waals surface area contributed by atoms with Gasteiger partial charge in [-0.25, -0.2) is 9.97 Å². The standard InChI is InChI=1S/C21H25ClN4OS/c1-15-12-17(22)13-18-19(15)24-21(28-18)26(10-5-9-25-11-8-23-14-25)20(27)16-6-3-2-4-7-16/h8,11-14,16H,2-7,9-10H2,1H3. The largest absolute Gasteiger partial charge is 0.337 e. The van der Waals surface area contributed by atoms with Gasteiger partial charge in [-0.05, 0) is 43.9 Å². The first-order valence-electron chi connectivity index (χ1n) is 9.95. The maximum Gasteiger partial charge on any atom is 0.231 e. The molecule has 1 aliphatic carbocycles. The number of hydrogen-bond donors (Lipinski definition) is 0. The van der Waals surface area contributed by atoms with Crippen molar-refractivity contribution in [3.05, 3.63) is 41.4 Å². The number of nitrogens with zero attached hydrogens (tertiary/aromatic N) is 4. The first kappa shape index (κ1) is 19.4. The molecular formula is C21H25ClN4OS. The molecule has 148 valence electrons. The molecule has 0 atom stereocenters. The normalized spacial score (nSPS) is 15.2. The number of hydrogen-bond acceptors (Lipinski definition) is 4. The summed E-state index contributed by atoms with van der Waals surface area (Å²) >= 11 is 7.79. The molecule has 28 heavy (non-hydrogen) atoms. The van der Waals surface area contributed by atoms with Crippen LogP contribution in [0.2, 0.25) is 5.02 Å². The van der Waals surface area contributed by atoms with Gasteiger partial charge in [0.1, 0.15) is 0 Å². The van der Waals surface area contributed by atoms with Gasteiger partial charge in [0.2, 0.25) is 5.91 Å². The van der Waals surface area contributed by atoms with Gasteiger partial charge < -0.3 is 4.57 Å². The van der Waals surface area contributed by atoms with Crippen molar-refractivity contribution >= 4 is 44.2 Å². The summed E-state index contributed by atoms with van der Waals surface area (Å²) in [5, 5.41) is 1.51. The Balaban J connectivity index is 1.59. The Hall–Kier alpha value is -1.92. The fourth-order valence-corrected chi connectivity index (χ4v) is 5.41. The van der Waals surface area contributed by atoms with E-state index in [2.05, 4.69) is 4.98 Å². The third-order valence-corrected chi connectivity index (χ3v) is 6.69. The van der Waals surface area contributed by atoms with Crippen molar-refractivity contribution in [1.82, 2.24) is 14.5 Å². The summed E-state index contributed by atoms with van der Waals surface area (Å²) in [5.41, 5.74) is 1.99. The van der Waals surface area contributed by atoms with Gasteiger partial charge in [-0.3, -0.25) is 9.69 Å². The molecule has 0 spiro atoms. The zero-order valence-corrected chi connectivity index (χ0v) is 17.7. The van der Waals surface area contributed by atoms with Gasteiger partial charge in [-0.2, -0.15) is 0 Å². The lowest BCUT2D eigenvalue weighted by molar-refractivity contribution is -0.123. The van der Waals surface area contributed by atoms with Crippen LogP contribution in [0.4, 0.5) is 5.13 Å². The molecule has 0 bridgehead atoms. The van der Waals surface area contributed by atoms with E-state index >= 15 is 0 Å². The Morgan fingerprint density at radius 3 is 2.89 bits per heavy atom. The number of rotatable bonds is 6. The van der Waals surface area contributed by atoms with Crippen LogP contribution in [-0.2, 0) is 11.3 Å². The molecule has 0 aliphatic heterocycles. The molecule has 3 aromatic rings. The zero-order chi connectivity index (χ0) is 19.5. The zero-order valence-electron chi connectivity index (χ0n) is 16.1. The highest BCUT2D eigenvalue weighted by Crippen LogP contribution is 2.35. The molecule has 2 heterocycles. The van der Waals surface area contributed by atoms with Crippen molar-refractivity contribution in [2.45, 2.75) is 52.0 Å². The van der Waals surface area contributed by atoms with Gasteiger partial charge in [0.15, 0.2) is 5.13 Å². The summed E-state index contributed by atoms with van der Waals surface area (Å²) in [6.45, 7) is 3.52. The summed E-state index contributed by atoms with van der Waals surface area (Å²) in [5.74, 6) is 0.354. The van der Waals surface area contributed by atoms with Crippen LogP contribution in [0, 0.1) is 12.8 Å². The van der Waals surface area contributed by atoms with Crippen molar-refractivity contribution < 1.29 is 4.79 Å². The second kappa shape index (κ2) is 8.62. The number of imidazole rings is 1. The van der Waals surface area contributed by atoms with Crippen molar-refractivity contribution in [3.8, 4) is 0 Å². The maximum atomic E-state index is 13.4. The SMILES string of the molecule is Cc1cc(Cl)cc2sc(N(CCCn3ccnc3)C(=O)C3CCCCC3)nc12. The van der Waals surface area contributed by atoms with Gasteiger partial charge in [-0.1, -0.05) is 42.2 Å². The molecule has 0 N–H and O–H groups in total. The van der Waals surface area contributed by atoms with E-state index < -0.39 is 0 Å². The number of carbonyl (C=O) groups is 1. The van der Waals surface area contributed by atoms with Crippen molar-refractivity contribution in [2.75, 3.05) is 11.4 Å². The van der Waals surface area contributed by atoms with Crippen molar-refractivity contribution in [1.29, 1.82) is 0 Å². The number of halogens is 1. The third kappa shape index (κ3) is 4.23. The fourth-order valence-electron chi connectivity index (χ4n) is 3.96. The van der Waals surface area contributed by atoms with Crippen molar-refractivity contribution in [3.63, 3.8) is 0 Å². The average molecular weight is 417 g/mol. The van der Waals surface area contributed by atoms with Gasteiger partial charge in [-0.15, -0.1) is 0 Å². The lowest BCUT2D eigenvalue weighted by atomic mass is 9.88. The summed E-state index contributed by atoms with van der Waals surface area (Å²) in [6, 6.07) is 3.87. The predicted molar refractivity (Wildman–Crippen MR) is 115 cm³/mol. The highest BCUT2D eigenvalue weighted by molar-refractivity contribution is 7.22. The maximum absolute atomic E-state index is 13.4. The molecule has 1 fully saturated rings. The van der Waals surface area contributed by atoms with Crippen LogP contribution in [0.1, 0.15) is 44.1 Å². The summed E-state index contributed by atoms with van der Waals surface area (Å²) in [6.07, 6.45) is 11.9. The first-order valence-corrected chi connectivity index (χ1v) is 11.1. The summed E-state index contributed by atoms with van der Waals surface area (Å²) < 4.78 is 3.09. The minimum absolute atomic E-state index is 0.124. The highest BCUT2D eigenvalue weighted by Gasteiger charge is 2.28. The average Bonchev–Trinajstić information content (AvgIpc) is 3.35. The molecule has 0 saturated heterocycles. The molecule has 2 aromatic heterocycles. The monoisotopic (exact) mass is 416 g/mol. The lowest BCUT2D eigenvalue weighted by Gasteiger charge is -2.27. The van der Waals surface area contributed by atoms with Crippen LogP contribution in [-0.4, -0.2) is 27.0 Å². The quantitative estimate of drug-likeness (QED) is 0.536. The molecule has 1 saturated carbocycles. The van der Waals surface area contributed by atoms with Gasteiger partial charge >= 0.3 is 0 Å². The number of fused-ring (bicyclic) bond motifs is 1. The number of aromatic nitrogens is 3. The molecule has 0 unspecified atom stereocenters. The fraction of sp³-hybridized carbons (Fsp3) is 0.476. The molecule has 5 nitrogen and oxygen atoms in total. The molecular weight excluding hydrogens is 392 g/mol. The Labute approximate surface area is 174 Å². The Bertz CT molecular complexity index is 947. The number of carbonyl (C=O) groups excluding carboxylic acids is 1. The number of amides is 1. The molecule has 7 heteroatoms. The predicted octanol–water partition coefficient (Wildman–Crippen LogP) is 5.46. The Morgan fingerprint density at radius 2 is 2.14 bits per heavy atom. The van der Waals surface area contributed by atoms with E-state index in [9.17, 15) is 4.79 Å². The van der Waals surface area contributed by atoms with Crippen molar-refractivity contribution in [2.24, 2.45) is 5.92 Å². The van der Waals surface area contributed by atoms with Crippen LogP contribution in [0.3, 0.4) is 0 Å². The molecule has 4 rings (SSSR count). The molecule has 0 radical (unpaired) electrons. The van der Waals surface area contributed by atoms with Crippen LogP contribution in [0.15, 0.2) is 30.9 Å². The van der Waals surface area contributed by atoms with E-state index in [-0.39, 0.29) is 11.8 Å². The number of anilines is 1. The second-order valence-corrected chi connectivity index (χ2v) is 8.99. The molecule has 1 aliphatic rings. The highest BCUT2D eigenvalue weighted by atomic mass is 35.5. The first-order chi connectivity index (χ1) is 13.6. The summed E-state index contributed by atoms with van der Waals surface area (Å²) in [7, 11) is 0. The number of thiazole rings is 1. The van der Waals surface area contributed by atoms with Crippen LogP contribution in [0.5, 0.6) is 0 Å². The van der Waals surface area contributed by atoms with Gasteiger partial charge in [0.05, 0.1) is 16.5 Å². The number of benzene rings is 1. The minimum atomic E-state index is 0.124. The second-order valence-electron chi connectivity index (χ2n) is 7.54. The molecule has 1 aromatic carbocycles.